The summed E-state index contributed by atoms with van der Waals surface area (Å²) in [4.78, 5) is 15.4. The summed E-state index contributed by atoms with van der Waals surface area (Å²) in [7, 11) is -4.14. The molecule has 0 spiro atoms. The monoisotopic (exact) mass is 283 g/mol. The molecule has 2 N–H and O–H groups in total. The zero-order valence-corrected chi connectivity index (χ0v) is 9.76. The molecule has 0 fully saturated rings. The van der Waals surface area contributed by atoms with Crippen LogP contribution in [0.4, 0.5) is 4.39 Å². The van der Waals surface area contributed by atoms with Crippen LogP contribution in [0, 0.1) is 5.82 Å². The highest BCUT2D eigenvalue weighted by Crippen LogP contribution is 2.21. The Morgan fingerprint density at radius 1 is 1.53 bits per heavy atom. The van der Waals surface area contributed by atoms with E-state index in [-0.39, 0.29) is 5.02 Å². The van der Waals surface area contributed by atoms with Crippen molar-refractivity contribution in [2.75, 3.05) is 6.61 Å². The predicted molar refractivity (Wildman–Crippen MR) is 55.3 cm³/mol. The summed E-state index contributed by atoms with van der Waals surface area (Å²) in [6.45, 7) is -0.849. The van der Waals surface area contributed by atoms with E-state index in [1.54, 1.807) is 4.89 Å². The molecule has 0 atom stereocenters. The molecule has 0 amide bonds. The van der Waals surface area contributed by atoms with Crippen LogP contribution in [0.25, 0.3) is 0 Å². The van der Waals surface area contributed by atoms with Gasteiger partial charge in [0.05, 0.1) is 5.02 Å². The molecule has 94 valence electrons. The average molecular weight is 284 g/mol. The molecule has 0 aliphatic heterocycles. The lowest BCUT2D eigenvalue weighted by Crippen LogP contribution is -2.27. The molecule has 0 aliphatic carbocycles. The van der Waals surface area contributed by atoms with E-state index in [4.69, 9.17) is 16.7 Å². The van der Waals surface area contributed by atoms with Gasteiger partial charge in [0.15, 0.2) is 6.61 Å². The predicted octanol–water partition coefficient (Wildman–Crippen LogP) is 0.774. The Balaban J connectivity index is 2.86. The van der Waals surface area contributed by atoms with Gasteiger partial charge < -0.3 is 5.11 Å². The Morgan fingerprint density at radius 2 is 2.18 bits per heavy atom. The minimum Gasteiger partial charge on any atom is -0.479 e. The first-order chi connectivity index (χ1) is 7.83. The van der Waals surface area contributed by atoms with Gasteiger partial charge in [-0.1, -0.05) is 16.5 Å². The summed E-state index contributed by atoms with van der Waals surface area (Å²) in [6.07, 6.45) is 0. The summed E-state index contributed by atoms with van der Waals surface area (Å²) in [6, 6.07) is 2.65. The first-order valence-corrected chi connectivity index (χ1v) is 5.99. The lowest BCUT2D eigenvalue weighted by atomic mass is 10.3. The Labute approximate surface area is 101 Å². The molecule has 0 saturated carbocycles. The highest BCUT2D eigenvalue weighted by molar-refractivity contribution is 7.89. The van der Waals surface area contributed by atoms with Gasteiger partial charge in [0, 0.05) is 0 Å². The van der Waals surface area contributed by atoms with E-state index in [0.717, 1.165) is 18.2 Å². The van der Waals surface area contributed by atoms with Crippen molar-refractivity contribution in [1.82, 2.24) is 4.89 Å². The fourth-order valence-electron chi connectivity index (χ4n) is 0.907. The smallest absolute Gasteiger partial charge is 0.331 e. The molecule has 0 unspecified atom stereocenters. The van der Waals surface area contributed by atoms with Crippen molar-refractivity contribution >= 4 is 27.6 Å². The molecule has 0 aromatic heterocycles. The fourth-order valence-corrected chi connectivity index (χ4v) is 2.25. The topological polar surface area (TPSA) is 92.7 Å². The van der Waals surface area contributed by atoms with Crippen LogP contribution in [0.5, 0.6) is 0 Å². The fraction of sp³-hybridized carbons (Fsp3) is 0.125. The maximum Gasteiger partial charge on any atom is 0.331 e. The quantitative estimate of drug-likeness (QED) is 0.779. The van der Waals surface area contributed by atoms with E-state index < -0.39 is 33.3 Å². The molecule has 0 heterocycles. The lowest BCUT2D eigenvalue weighted by molar-refractivity contribution is -0.143. The molecule has 0 bridgehead atoms. The number of rotatable bonds is 5. The van der Waals surface area contributed by atoms with Crippen molar-refractivity contribution in [3.8, 4) is 0 Å². The van der Waals surface area contributed by atoms with Gasteiger partial charge in [0.2, 0.25) is 0 Å². The summed E-state index contributed by atoms with van der Waals surface area (Å²) in [5, 5.41) is 7.90. The minimum absolute atomic E-state index is 0.337. The maximum atomic E-state index is 12.7. The zero-order valence-electron chi connectivity index (χ0n) is 8.18. The molecule has 0 radical (unpaired) electrons. The van der Waals surface area contributed by atoms with Crippen LogP contribution >= 0.6 is 11.6 Å². The number of hydrogen-bond acceptors (Lipinski definition) is 4. The zero-order chi connectivity index (χ0) is 13.1. The first-order valence-electron chi connectivity index (χ1n) is 4.13. The second kappa shape index (κ2) is 5.41. The van der Waals surface area contributed by atoms with E-state index in [9.17, 15) is 17.6 Å². The van der Waals surface area contributed by atoms with Crippen molar-refractivity contribution in [2.24, 2.45) is 0 Å². The van der Waals surface area contributed by atoms with E-state index in [2.05, 4.69) is 4.84 Å². The molecule has 1 rings (SSSR count). The third-order valence-electron chi connectivity index (χ3n) is 1.55. The standard InChI is InChI=1S/C8H7ClFNO5S/c9-6-3-5(10)1-2-7(6)17(14,15)11-16-4-8(12)13/h1-3,11H,4H2,(H,12,13). The van der Waals surface area contributed by atoms with Crippen LogP contribution < -0.4 is 4.89 Å². The van der Waals surface area contributed by atoms with Gasteiger partial charge in [0.1, 0.15) is 10.7 Å². The second-order valence-corrected chi connectivity index (χ2v) is 4.86. The molecular weight excluding hydrogens is 277 g/mol. The van der Waals surface area contributed by atoms with Gasteiger partial charge in [-0.2, -0.15) is 0 Å². The molecular formula is C8H7ClFNO5S. The van der Waals surface area contributed by atoms with Crippen molar-refractivity contribution in [2.45, 2.75) is 4.90 Å². The molecule has 0 saturated heterocycles. The first kappa shape index (κ1) is 13.8. The molecule has 0 aliphatic rings. The van der Waals surface area contributed by atoms with Crippen molar-refractivity contribution < 1.29 is 27.5 Å². The summed E-state index contributed by atoms with van der Waals surface area (Å²) < 4.78 is 35.7. The third-order valence-corrected chi connectivity index (χ3v) is 3.24. The number of nitrogens with one attached hydrogen (secondary N) is 1. The van der Waals surface area contributed by atoms with Crippen LogP contribution in [-0.4, -0.2) is 26.1 Å². The summed E-state index contributed by atoms with van der Waals surface area (Å²) >= 11 is 5.52. The van der Waals surface area contributed by atoms with Crippen LogP contribution in [0.3, 0.4) is 0 Å². The molecule has 1 aromatic rings. The number of benzene rings is 1. The van der Waals surface area contributed by atoms with Crippen LogP contribution in [0.2, 0.25) is 5.02 Å². The van der Waals surface area contributed by atoms with E-state index in [1.165, 1.54) is 0 Å². The largest absolute Gasteiger partial charge is 0.479 e. The number of carbonyl (C=O) groups is 1. The normalized spacial score (nSPS) is 11.4. The summed E-state index contributed by atoms with van der Waals surface area (Å²) in [5.41, 5.74) is 0. The van der Waals surface area contributed by atoms with Crippen LogP contribution in [0.15, 0.2) is 23.1 Å². The average Bonchev–Trinajstić information content (AvgIpc) is 2.15. The molecule has 6 nitrogen and oxygen atoms in total. The summed E-state index contributed by atoms with van der Waals surface area (Å²) in [5.74, 6) is -2.04. The minimum atomic E-state index is -4.14. The molecule has 17 heavy (non-hydrogen) atoms. The van der Waals surface area contributed by atoms with Gasteiger partial charge in [0.25, 0.3) is 10.0 Å². The Hall–Kier alpha value is -1.22. The number of carboxylic acid groups (broad SMARTS) is 1. The van der Waals surface area contributed by atoms with Gasteiger partial charge in [-0.25, -0.2) is 17.6 Å². The van der Waals surface area contributed by atoms with E-state index in [1.807, 2.05) is 0 Å². The number of carboxylic acids is 1. The van der Waals surface area contributed by atoms with Crippen LogP contribution in [-0.2, 0) is 19.7 Å². The van der Waals surface area contributed by atoms with E-state index >= 15 is 0 Å². The number of sulfonamides is 1. The van der Waals surface area contributed by atoms with Crippen molar-refractivity contribution in [3.05, 3.63) is 29.0 Å². The van der Waals surface area contributed by atoms with Gasteiger partial charge >= 0.3 is 5.97 Å². The van der Waals surface area contributed by atoms with Crippen molar-refractivity contribution in [1.29, 1.82) is 0 Å². The van der Waals surface area contributed by atoms with Gasteiger partial charge in [-0.15, -0.1) is 0 Å². The third kappa shape index (κ3) is 3.93. The molecule has 1 aromatic carbocycles. The SMILES string of the molecule is O=C(O)CONS(=O)(=O)c1ccc(F)cc1Cl. The van der Waals surface area contributed by atoms with E-state index in [0.29, 0.717) is 0 Å². The van der Waals surface area contributed by atoms with Crippen LogP contribution in [0.1, 0.15) is 0 Å². The Morgan fingerprint density at radius 3 is 2.71 bits per heavy atom. The van der Waals surface area contributed by atoms with Gasteiger partial charge in [-0.3, -0.25) is 4.84 Å². The lowest BCUT2D eigenvalue weighted by Gasteiger charge is -2.07. The Kier molecular flexibility index (Phi) is 4.40. The number of halogens is 2. The van der Waals surface area contributed by atoms with Crippen molar-refractivity contribution in [3.63, 3.8) is 0 Å². The Bertz CT molecular complexity index is 533. The number of hydrogen-bond donors (Lipinski definition) is 2. The number of aliphatic carboxylic acids is 1. The highest BCUT2D eigenvalue weighted by atomic mass is 35.5. The van der Waals surface area contributed by atoms with Gasteiger partial charge in [-0.05, 0) is 18.2 Å². The molecule has 9 heteroatoms. The second-order valence-electron chi connectivity index (χ2n) is 2.84. The highest BCUT2D eigenvalue weighted by Gasteiger charge is 2.18. The maximum absolute atomic E-state index is 12.7.